The van der Waals surface area contributed by atoms with E-state index in [2.05, 4.69) is 91.4 Å². The van der Waals surface area contributed by atoms with Crippen LogP contribution in [0.25, 0.3) is 11.1 Å². The molecule has 1 aliphatic rings. The van der Waals surface area contributed by atoms with E-state index in [-0.39, 0.29) is 41.2 Å². The maximum atomic E-state index is 10.3. The van der Waals surface area contributed by atoms with Crippen molar-refractivity contribution in [2.24, 2.45) is 0 Å². The third kappa shape index (κ3) is 4.01. The Morgan fingerprint density at radius 1 is 0.966 bits per heavy atom. The third-order valence-electron chi connectivity index (χ3n) is 7.63. The average molecular weight is 491 g/mol. The van der Waals surface area contributed by atoms with E-state index in [1.165, 1.54) is 22.3 Å². The Kier molecular flexibility index (Phi) is 7.40. The normalized spacial score (nSPS) is 16.1. The number of aliphatic hydroxyl groups is 1. The molecule has 0 amide bonds. The Morgan fingerprint density at radius 3 is 1.72 bits per heavy atom. The molecule has 2 aromatic carbocycles. The van der Waals surface area contributed by atoms with E-state index in [4.69, 9.17) is 4.82 Å². The zero-order valence-corrected chi connectivity index (χ0v) is 23.0. The summed E-state index contributed by atoms with van der Waals surface area (Å²) in [5.41, 5.74) is 5.46. The molecule has 6 heteroatoms. The van der Waals surface area contributed by atoms with Gasteiger partial charge in [-0.1, -0.05) is 0 Å². The number of halogens is 2. The van der Waals surface area contributed by atoms with Crippen LogP contribution in [0.1, 0.15) is 36.1 Å². The second-order valence-electron chi connectivity index (χ2n) is 11.0. The average Bonchev–Trinajstić information content (AvgIpc) is 2.89. The van der Waals surface area contributed by atoms with Crippen LogP contribution >= 0.6 is 24.8 Å². The first-order valence-corrected chi connectivity index (χ1v) is 21.3. The van der Waals surface area contributed by atoms with Gasteiger partial charge in [0.15, 0.2) is 0 Å². The van der Waals surface area contributed by atoms with E-state index in [0.717, 1.165) is 4.73 Å². The standard InChI is InChI=1S/C13H9.C4H10N.C2H5O.C2H7Si.CH3.CH2.2ClH.Ti/c1-3-7-12-10(5-1)9-11-6-2-4-8-13(11)12;1-4(2,3)5;1-2-3;1-3-2;;;;;/h1-9H;5H,1-3H3;3H,1-2H2;3H,1-2H3;1H3;1H2;2*1H;/q;-1;;;;;;;+1. The van der Waals surface area contributed by atoms with E-state index in [1.54, 1.807) is 0 Å². The second kappa shape index (κ2) is 8.02. The molecule has 0 radical (unpaired) electrons. The van der Waals surface area contributed by atoms with Crippen LogP contribution in [0.4, 0.5) is 0 Å². The van der Waals surface area contributed by atoms with Crippen LogP contribution in [0, 0.1) is 0 Å². The van der Waals surface area contributed by atoms with Gasteiger partial charge in [-0.15, -0.1) is 24.8 Å². The number of nitrogens with one attached hydrogen (secondary N) is 1. The van der Waals surface area contributed by atoms with Crippen molar-refractivity contribution in [2.75, 3.05) is 6.61 Å². The van der Waals surface area contributed by atoms with Crippen molar-refractivity contribution in [2.45, 2.75) is 53.6 Å². The summed E-state index contributed by atoms with van der Waals surface area (Å²) in [7, 11) is 0. The fourth-order valence-electron chi connectivity index (χ4n) is 6.00. The van der Waals surface area contributed by atoms with Gasteiger partial charge in [0.1, 0.15) is 0 Å². The van der Waals surface area contributed by atoms with Gasteiger partial charge < -0.3 is 0 Å². The van der Waals surface area contributed by atoms with Crippen LogP contribution < -0.4 is 3.80 Å². The second-order valence-corrected chi connectivity index (χ2v) is 39.8. The number of rotatable bonds is 5. The minimum atomic E-state index is -4.24. The first kappa shape index (κ1) is 26.8. The van der Waals surface area contributed by atoms with Crippen molar-refractivity contribution in [3.8, 4) is 11.1 Å². The van der Waals surface area contributed by atoms with Gasteiger partial charge >= 0.3 is 164 Å². The molecule has 0 aromatic heterocycles. The van der Waals surface area contributed by atoms with Gasteiger partial charge in [0, 0.05) is 0 Å². The van der Waals surface area contributed by atoms with Crippen molar-refractivity contribution >= 4 is 36.3 Å². The molecule has 0 heterocycles. The Hall–Kier alpha value is -0.259. The van der Waals surface area contributed by atoms with Crippen molar-refractivity contribution in [1.82, 2.24) is 3.80 Å². The fourth-order valence-corrected chi connectivity index (χ4v) is 28.9. The molecule has 2 nitrogen and oxygen atoms in total. The molecule has 0 fully saturated rings. The molecule has 0 bridgehead atoms. The molecular formula is C23H38Cl2NOSiTi. The van der Waals surface area contributed by atoms with Gasteiger partial charge in [-0.25, -0.2) is 0 Å². The zero-order chi connectivity index (χ0) is 20.2. The number of hydrogen-bond acceptors (Lipinski definition) is 2. The molecule has 0 spiro atoms. The molecule has 29 heavy (non-hydrogen) atoms. The van der Waals surface area contributed by atoms with E-state index in [1.807, 2.05) is 0 Å². The molecule has 0 saturated carbocycles. The van der Waals surface area contributed by atoms with Crippen molar-refractivity contribution < 1.29 is 18.2 Å². The SMILES string of the molecule is Cl.Cl.[CH2]=[Ti]([CH3])([CH2]CO)([NH]C(C)(C)C)([CH]1c2ccccc2-c2ccccc21)[SiH](C)C. The summed E-state index contributed by atoms with van der Waals surface area (Å²) in [5, 5.41) is 12.8. The third-order valence-corrected chi connectivity index (χ3v) is 43.4. The van der Waals surface area contributed by atoms with Gasteiger partial charge in [-0.05, 0) is 0 Å². The van der Waals surface area contributed by atoms with Crippen LogP contribution in [0.2, 0.25) is 23.0 Å². The van der Waals surface area contributed by atoms with Crippen LogP contribution in [0.15, 0.2) is 48.5 Å². The Labute approximate surface area is 188 Å². The van der Waals surface area contributed by atoms with Crippen LogP contribution in [0.5, 0.6) is 0 Å². The number of fused-ring (bicyclic) bond motifs is 3. The summed E-state index contributed by atoms with van der Waals surface area (Å²) in [5.74, 6) is 0. The Morgan fingerprint density at radius 2 is 1.38 bits per heavy atom. The van der Waals surface area contributed by atoms with E-state index >= 15 is 0 Å². The van der Waals surface area contributed by atoms with Crippen LogP contribution in [-0.2, 0) is 13.1 Å². The molecule has 163 valence electrons. The summed E-state index contributed by atoms with van der Waals surface area (Å²) in [6.07, 6.45) is 0. The summed E-state index contributed by atoms with van der Waals surface area (Å²) >= 11 is -4.24. The quantitative estimate of drug-likeness (QED) is 0.503. The number of benzene rings is 2. The van der Waals surface area contributed by atoms with E-state index in [9.17, 15) is 5.11 Å². The molecule has 0 saturated heterocycles. The van der Waals surface area contributed by atoms with Crippen molar-refractivity contribution in [3.05, 3.63) is 59.7 Å². The van der Waals surface area contributed by atoms with E-state index < -0.39 is 19.7 Å². The topological polar surface area (TPSA) is 32.3 Å². The van der Waals surface area contributed by atoms with Crippen molar-refractivity contribution in [1.29, 1.82) is 0 Å². The zero-order valence-electron chi connectivity index (χ0n) is 18.7. The van der Waals surface area contributed by atoms with E-state index in [0.29, 0.717) is 0 Å². The van der Waals surface area contributed by atoms with Gasteiger partial charge in [0.2, 0.25) is 0 Å². The van der Waals surface area contributed by atoms with Crippen molar-refractivity contribution in [3.63, 3.8) is 0 Å². The number of aliphatic hydroxyl groups excluding tert-OH is 1. The summed E-state index contributed by atoms with van der Waals surface area (Å²) in [6, 6.07) is 17.7. The van der Waals surface area contributed by atoms with Crippen LogP contribution in [0.3, 0.4) is 0 Å². The van der Waals surface area contributed by atoms with Gasteiger partial charge in [-0.3, -0.25) is 0 Å². The molecule has 0 atom stereocenters. The first-order chi connectivity index (χ1) is 12.4. The van der Waals surface area contributed by atoms with Gasteiger partial charge in [-0.2, -0.15) is 0 Å². The molecule has 0 unspecified atom stereocenters. The maximum absolute atomic E-state index is 10.3. The molecular weight excluding hydrogens is 453 g/mol. The first-order valence-electron chi connectivity index (χ1n) is 10.2. The van der Waals surface area contributed by atoms with Gasteiger partial charge in [0.25, 0.3) is 0 Å². The molecule has 2 aromatic rings. The summed E-state index contributed by atoms with van der Waals surface area (Å²) in [6.45, 7) is 10.5. The van der Waals surface area contributed by atoms with Gasteiger partial charge in [0.05, 0.1) is 0 Å². The predicted molar refractivity (Wildman–Crippen MR) is 135 cm³/mol. The molecule has 0 aliphatic heterocycles. The Bertz CT molecular complexity index is 939. The summed E-state index contributed by atoms with van der Waals surface area (Å²) in [4.78, 5) is 5.27. The number of hydrogen-bond donors (Lipinski definition) is 2. The molecule has 3 rings (SSSR count). The molecule has 1 aliphatic carbocycles. The van der Waals surface area contributed by atoms with Crippen LogP contribution in [-0.4, -0.2) is 28.7 Å². The monoisotopic (exact) mass is 490 g/mol. The summed E-state index contributed by atoms with van der Waals surface area (Å²) < 4.78 is 5.30. The fraction of sp³-hybridized carbons (Fsp3) is 0.435. The predicted octanol–water partition coefficient (Wildman–Crippen LogP) is 6.00. The molecule has 2 N–H and O–H groups in total. The Balaban J connectivity index is 0.00000210. The minimum absolute atomic E-state index is 0.